The van der Waals surface area contributed by atoms with Crippen molar-refractivity contribution in [1.82, 2.24) is 25.2 Å². The topological polar surface area (TPSA) is 83.0 Å². The number of carbonyl (C=O) groups is 1. The van der Waals surface area contributed by atoms with E-state index in [-0.39, 0.29) is 11.8 Å². The van der Waals surface area contributed by atoms with E-state index in [1.54, 1.807) is 6.33 Å². The summed E-state index contributed by atoms with van der Waals surface area (Å²) in [5.41, 5.74) is 4.36. The zero-order valence-corrected chi connectivity index (χ0v) is 18.1. The molecule has 0 unspecified atom stereocenters. The lowest BCUT2D eigenvalue weighted by atomic mass is 9.95. The molecular formula is C25H28N6O. The van der Waals surface area contributed by atoms with Crippen LogP contribution in [0.15, 0.2) is 54.9 Å². The first-order chi connectivity index (χ1) is 15.7. The Balaban J connectivity index is 1.43. The Hall–Kier alpha value is -3.32. The SMILES string of the molecule is O=C1NCCCc2cccc(c2)-c2ncnc(n2)Nc2cccc(c2)CN2CCC1CC2. The summed E-state index contributed by atoms with van der Waals surface area (Å²) in [5, 5.41) is 6.48. The molecule has 8 bridgehead atoms. The second-order valence-corrected chi connectivity index (χ2v) is 8.60. The molecule has 7 heteroatoms. The molecule has 1 saturated heterocycles. The van der Waals surface area contributed by atoms with Gasteiger partial charge in [-0.3, -0.25) is 9.69 Å². The molecule has 0 spiro atoms. The lowest BCUT2D eigenvalue weighted by molar-refractivity contribution is -0.126. The first-order valence-electron chi connectivity index (χ1n) is 11.4. The highest BCUT2D eigenvalue weighted by Crippen LogP contribution is 2.23. The standard InChI is InChI=1S/C25H28N6O/c32-24-20-9-12-31(13-10-20)16-19-5-2-8-22(15-19)29-25-28-17-27-23(30-25)21-7-1-4-18(14-21)6-3-11-26-24/h1-2,4-5,7-8,14-15,17,20H,3,6,9-13,16H2,(H,26,32)(H,27,28,29,30). The average molecular weight is 429 g/mol. The molecule has 0 radical (unpaired) electrons. The van der Waals surface area contributed by atoms with E-state index < -0.39 is 0 Å². The van der Waals surface area contributed by atoms with Crippen LogP contribution in [0.4, 0.5) is 11.6 Å². The molecule has 32 heavy (non-hydrogen) atoms. The molecule has 2 aromatic carbocycles. The van der Waals surface area contributed by atoms with Crippen molar-refractivity contribution >= 4 is 17.5 Å². The number of nitrogens with one attached hydrogen (secondary N) is 2. The number of amides is 1. The van der Waals surface area contributed by atoms with Crippen molar-refractivity contribution in [1.29, 1.82) is 0 Å². The molecule has 3 aliphatic rings. The summed E-state index contributed by atoms with van der Waals surface area (Å²) in [7, 11) is 0. The molecule has 164 valence electrons. The minimum Gasteiger partial charge on any atom is -0.356 e. The van der Waals surface area contributed by atoms with Gasteiger partial charge in [-0.2, -0.15) is 4.98 Å². The van der Waals surface area contributed by atoms with Gasteiger partial charge in [-0.15, -0.1) is 0 Å². The Bertz CT molecular complexity index is 1090. The van der Waals surface area contributed by atoms with Crippen LogP contribution >= 0.6 is 0 Å². The molecule has 1 amide bonds. The van der Waals surface area contributed by atoms with Crippen LogP contribution in [0.5, 0.6) is 0 Å². The highest BCUT2D eigenvalue weighted by molar-refractivity contribution is 5.78. The molecule has 1 aromatic heterocycles. The fraction of sp³-hybridized carbons (Fsp3) is 0.360. The summed E-state index contributed by atoms with van der Waals surface area (Å²) in [6.45, 7) is 3.47. The van der Waals surface area contributed by atoms with E-state index in [0.29, 0.717) is 18.3 Å². The fourth-order valence-corrected chi connectivity index (χ4v) is 4.50. The smallest absolute Gasteiger partial charge is 0.230 e. The summed E-state index contributed by atoms with van der Waals surface area (Å²) in [4.78, 5) is 28.4. The molecule has 0 atom stereocenters. The van der Waals surface area contributed by atoms with E-state index >= 15 is 0 Å². The van der Waals surface area contributed by atoms with Crippen LogP contribution in [0.25, 0.3) is 11.4 Å². The summed E-state index contributed by atoms with van der Waals surface area (Å²) in [5.74, 6) is 1.51. The number of aryl methyl sites for hydroxylation is 1. The monoisotopic (exact) mass is 428 g/mol. The Morgan fingerprint density at radius 2 is 1.81 bits per heavy atom. The van der Waals surface area contributed by atoms with Gasteiger partial charge < -0.3 is 10.6 Å². The van der Waals surface area contributed by atoms with Gasteiger partial charge in [0.1, 0.15) is 6.33 Å². The van der Waals surface area contributed by atoms with Gasteiger partial charge in [0.25, 0.3) is 0 Å². The number of anilines is 2. The maximum absolute atomic E-state index is 12.6. The number of aromatic nitrogens is 3. The molecule has 2 N–H and O–H groups in total. The highest BCUT2D eigenvalue weighted by atomic mass is 16.1. The number of benzene rings is 2. The van der Waals surface area contributed by atoms with Gasteiger partial charge in [0.15, 0.2) is 5.82 Å². The van der Waals surface area contributed by atoms with Gasteiger partial charge in [0, 0.05) is 30.3 Å². The van der Waals surface area contributed by atoms with E-state index in [0.717, 1.165) is 56.6 Å². The van der Waals surface area contributed by atoms with E-state index in [1.165, 1.54) is 11.1 Å². The lowest BCUT2D eigenvalue weighted by Gasteiger charge is -2.31. The molecule has 4 heterocycles. The van der Waals surface area contributed by atoms with Crippen molar-refractivity contribution in [2.45, 2.75) is 32.2 Å². The van der Waals surface area contributed by atoms with E-state index in [2.05, 4.69) is 60.8 Å². The number of carbonyl (C=O) groups excluding carboxylic acids is 1. The molecule has 0 saturated carbocycles. The van der Waals surface area contributed by atoms with Crippen LogP contribution in [0, 0.1) is 5.92 Å². The normalized spacial score (nSPS) is 21.3. The minimum atomic E-state index is 0.126. The second-order valence-electron chi connectivity index (χ2n) is 8.60. The second kappa shape index (κ2) is 9.44. The third-order valence-electron chi connectivity index (χ3n) is 6.25. The Kier molecular flexibility index (Phi) is 6.07. The lowest BCUT2D eigenvalue weighted by Crippen LogP contribution is -2.40. The molecule has 6 rings (SSSR count). The van der Waals surface area contributed by atoms with Crippen LogP contribution < -0.4 is 10.6 Å². The van der Waals surface area contributed by atoms with Crippen molar-refractivity contribution in [3.63, 3.8) is 0 Å². The van der Waals surface area contributed by atoms with E-state index in [9.17, 15) is 4.79 Å². The summed E-state index contributed by atoms with van der Waals surface area (Å²) >= 11 is 0. The van der Waals surface area contributed by atoms with Gasteiger partial charge >= 0.3 is 0 Å². The van der Waals surface area contributed by atoms with Crippen molar-refractivity contribution in [3.05, 3.63) is 66.0 Å². The number of piperidine rings is 1. The number of hydrogen-bond acceptors (Lipinski definition) is 6. The van der Waals surface area contributed by atoms with E-state index in [1.807, 2.05) is 18.2 Å². The maximum Gasteiger partial charge on any atom is 0.230 e. The Morgan fingerprint density at radius 3 is 2.72 bits per heavy atom. The van der Waals surface area contributed by atoms with Crippen molar-refractivity contribution < 1.29 is 4.79 Å². The van der Waals surface area contributed by atoms with E-state index in [4.69, 9.17) is 0 Å². The van der Waals surface area contributed by atoms with Crippen molar-refractivity contribution in [2.24, 2.45) is 5.92 Å². The van der Waals surface area contributed by atoms with Gasteiger partial charge in [0.2, 0.25) is 11.9 Å². The summed E-state index contributed by atoms with van der Waals surface area (Å²) in [6.07, 6.45) is 5.19. The van der Waals surface area contributed by atoms with Gasteiger partial charge in [-0.25, -0.2) is 9.97 Å². The van der Waals surface area contributed by atoms with Gasteiger partial charge in [-0.05, 0) is 68.1 Å². The fourth-order valence-electron chi connectivity index (χ4n) is 4.50. The third kappa shape index (κ3) is 4.94. The average Bonchev–Trinajstić information content (AvgIpc) is 2.82. The Labute approximate surface area is 188 Å². The zero-order valence-electron chi connectivity index (χ0n) is 18.1. The quantitative estimate of drug-likeness (QED) is 0.570. The van der Waals surface area contributed by atoms with Crippen LogP contribution in [-0.4, -0.2) is 45.4 Å². The maximum atomic E-state index is 12.6. The van der Waals surface area contributed by atoms with Crippen LogP contribution in [0.3, 0.4) is 0 Å². The van der Waals surface area contributed by atoms with Crippen LogP contribution in [0.2, 0.25) is 0 Å². The van der Waals surface area contributed by atoms with Crippen LogP contribution in [-0.2, 0) is 17.8 Å². The van der Waals surface area contributed by atoms with Gasteiger partial charge in [0.05, 0.1) is 0 Å². The first-order valence-corrected chi connectivity index (χ1v) is 11.4. The van der Waals surface area contributed by atoms with Crippen molar-refractivity contribution in [3.8, 4) is 11.4 Å². The van der Waals surface area contributed by atoms with Crippen LogP contribution in [0.1, 0.15) is 30.4 Å². The number of fused-ring (bicyclic) bond motifs is 6. The molecule has 3 aromatic rings. The first kappa shape index (κ1) is 20.6. The predicted molar refractivity (Wildman–Crippen MR) is 124 cm³/mol. The number of rotatable bonds is 0. The molecular weight excluding hydrogens is 400 g/mol. The summed E-state index contributed by atoms with van der Waals surface area (Å²) < 4.78 is 0. The zero-order chi connectivity index (χ0) is 21.8. The molecule has 0 aliphatic carbocycles. The number of hydrogen-bond donors (Lipinski definition) is 2. The largest absolute Gasteiger partial charge is 0.356 e. The van der Waals surface area contributed by atoms with Gasteiger partial charge in [-0.1, -0.05) is 30.3 Å². The Morgan fingerprint density at radius 1 is 0.969 bits per heavy atom. The molecule has 1 fully saturated rings. The highest BCUT2D eigenvalue weighted by Gasteiger charge is 2.24. The number of nitrogens with zero attached hydrogens (tertiary/aromatic N) is 4. The minimum absolute atomic E-state index is 0.126. The molecule has 7 nitrogen and oxygen atoms in total. The summed E-state index contributed by atoms with van der Waals surface area (Å²) in [6, 6.07) is 16.6. The molecule has 3 aliphatic heterocycles. The van der Waals surface area contributed by atoms with Crippen molar-refractivity contribution in [2.75, 3.05) is 25.0 Å². The predicted octanol–water partition coefficient (Wildman–Crippen LogP) is 3.56. The third-order valence-corrected chi connectivity index (χ3v) is 6.25.